The van der Waals surface area contributed by atoms with E-state index in [1.54, 1.807) is 6.08 Å². The molecule has 1 rings (SSSR count). The monoisotopic (exact) mass is 261 g/mol. The van der Waals surface area contributed by atoms with Crippen LogP contribution in [0.15, 0.2) is 36.4 Å². The topological polar surface area (TPSA) is 49.3 Å². The van der Waals surface area contributed by atoms with E-state index in [1.165, 1.54) is 11.1 Å². The number of nitrogens with one attached hydrogen (secondary N) is 1. The molecule has 0 fully saturated rings. The molecule has 104 valence electrons. The molecule has 3 nitrogen and oxygen atoms in total. The van der Waals surface area contributed by atoms with Crippen LogP contribution in [0.5, 0.6) is 0 Å². The van der Waals surface area contributed by atoms with E-state index in [-0.39, 0.29) is 0 Å². The highest BCUT2D eigenvalue weighted by Gasteiger charge is 1.98. The van der Waals surface area contributed by atoms with Crippen LogP contribution >= 0.6 is 0 Å². The van der Waals surface area contributed by atoms with Crippen LogP contribution in [-0.2, 0) is 17.6 Å². The summed E-state index contributed by atoms with van der Waals surface area (Å²) < 4.78 is 0. The van der Waals surface area contributed by atoms with E-state index in [0.29, 0.717) is 12.5 Å². The molecule has 0 aromatic heterocycles. The second-order valence-electron chi connectivity index (χ2n) is 5.11. The Balaban J connectivity index is 2.24. The largest absolute Gasteiger partial charge is 0.478 e. The number of carboxylic acids is 1. The van der Waals surface area contributed by atoms with Gasteiger partial charge in [-0.25, -0.2) is 4.79 Å². The summed E-state index contributed by atoms with van der Waals surface area (Å²) in [5.41, 5.74) is 2.69. The Kier molecular flexibility index (Phi) is 6.90. The van der Waals surface area contributed by atoms with Gasteiger partial charge in [0.1, 0.15) is 0 Å². The molecule has 0 aliphatic heterocycles. The molecule has 0 aliphatic carbocycles. The van der Waals surface area contributed by atoms with E-state index in [1.807, 2.05) is 0 Å². The summed E-state index contributed by atoms with van der Waals surface area (Å²) in [6.45, 7) is 5.90. The SMILES string of the molecule is CC(C)Cc1ccc(CCNC/C=C/C(=O)O)cc1. The standard InChI is InChI=1S/C16H23NO2/c1-13(2)12-15-7-5-14(6-8-15)9-11-17-10-3-4-16(18)19/h3-8,13,17H,9-12H2,1-2H3,(H,18,19)/b4-3+. The molecule has 1 aromatic carbocycles. The second kappa shape index (κ2) is 8.48. The molecule has 0 bridgehead atoms. The van der Waals surface area contributed by atoms with Crippen molar-refractivity contribution in [1.82, 2.24) is 5.32 Å². The minimum absolute atomic E-state index is 0.595. The molecule has 0 atom stereocenters. The van der Waals surface area contributed by atoms with Gasteiger partial charge < -0.3 is 10.4 Å². The predicted molar refractivity (Wildman–Crippen MR) is 78.3 cm³/mol. The van der Waals surface area contributed by atoms with Crippen molar-refractivity contribution in [2.45, 2.75) is 26.7 Å². The third-order valence-electron chi connectivity index (χ3n) is 2.78. The van der Waals surface area contributed by atoms with Crippen LogP contribution in [0.2, 0.25) is 0 Å². The van der Waals surface area contributed by atoms with Gasteiger partial charge in [-0.1, -0.05) is 44.2 Å². The van der Waals surface area contributed by atoms with Gasteiger partial charge in [0.2, 0.25) is 0 Å². The number of benzene rings is 1. The summed E-state index contributed by atoms with van der Waals surface area (Å²) in [5, 5.41) is 11.6. The molecular formula is C16H23NO2. The fourth-order valence-corrected chi connectivity index (χ4v) is 1.89. The maximum Gasteiger partial charge on any atom is 0.328 e. The summed E-state index contributed by atoms with van der Waals surface area (Å²) >= 11 is 0. The van der Waals surface area contributed by atoms with Crippen LogP contribution in [-0.4, -0.2) is 24.2 Å². The Morgan fingerprint density at radius 2 is 1.89 bits per heavy atom. The third kappa shape index (κ3) is 7.42. The highest BCUT2D eigenvalue weighted by atomic mass is 16.4. The summed E-state index contributed by atoms with van der Waals surface area (Å²) in [6, 6.07) is 8.73. The van der Waals surface area contributed by atoms with Crippen molar-refractivity contribution >= 4 is 5.97 Å². The number of carbonyl (C=O) groups is 1. The lowest BCUT2D eigenvalue weighted by molar-refractivity contribution is -0.131. The van der Waals surface area contributed by atoms with Crippen molar-refractivity contribution in [3.05, 3.63) is 47.5 Å². The van der Waals surface area contributed by atoms with Crippen LogP contribution < -0.4 is 5.32 Å². The first-order valence-electron chi connectivity index (χ1n) is 6.76. The molecule has 0 amide bonds. The van der Waals surface area contributed by atoms with Gasteiger partial charge in [0.25, 0.3) is 0 Å². The minimum Gasteiger partial charge on any atom is -0.478 e. The number of rotatable bonds is 8. The highest BCUT2D eigenvalue weighted by Crippen LogP contribution is 2.09. The normalized spacial score (nSPS) is 11.3. The quantitative estimate of drug-likeness (QED) is 0.559. The van der Waals surface area contributed by atoms with Crippen LogP contribution in [0, 0.1) is 5.92 Å². The smallest absolute Gasteiger partial charge is 0.328 e. The van der Waals surface area contributed by atoms with Crippen LogP contribution in [0.4, 0.5) is 0 Å². The number of carboxylic acid groups (broad SMARTS) is 1. The first-order valence-corrected chi connectivity index (χ1v) is 6.76. The number of hydrogen-bond acceptors (Lipinski definition) is 2. The van der Waals surface area contributed by atoms with E-state index < -0.39 is 5.97 Å². The van der Waals surface area contributed by atoms with Crippen molar-refractivity contribution in [2.24, 2.45) is 5.92 Å². The fraction of sp³-hybridized carbons (Fsp3) is 0.438. The van der Waals surface area contributed by atoms with Gasteiger partial charge in [-0.3, -0.25) is 0 Å². The van der Waals surface area contributed by atoms with E-state index in [4.69, 9.17) is 5.11 Å². The molecule has 19 heavy (non-hydrogen) atoms. The first kappa shape index (κ1) is 15.4. The molecule has 0 spiro atoms. The fourth-order valence-electron chi connectivity index (χ4n) is 1.89. The number of hydrogen-bond donors (Lipinski definition) is 2. The first-order chi connectivity index (χ1) is 9.08. The van der Waals surface area contributed by atoms with Gasteiger partial charge in [0.05, 0.1) is 0 Å². The van der Waals surface area contributed by atoms with Gasteiger partial charge in [-0.05, 0) is 36.4 Å². The predicted octanol–water partition coefficient (Wildman–Crippen LogP) is 2.66. The zero-order valence-corrected chi connectivity index (χ0v) is 11.7. The summed E-state index contributed by atoms with van der Waals surface area (Å²) in [5.74, 6) is -0.212. The van der Waals surface area contributed by atoms with Crippen LogP contribution in [0.1, 0.15) is 25.0 Å². The average molecular weight is 261 g/mol. The Morgan fingerprint density at radius 3 is 2.47 bits per heavy atom. The Bertz CT molecular complexity index is 407. The van der Waals surface area contributed by atoms with Crippen molar-refractivity contribution in [1.29, 1.82) is 0 Å². The van der Waals surface area contributed by atoms with Crippen molar-refractivity contribution in [2.75, 3.05) is 13.1 Å². The van der Waals surface area contributed by atoms with Gasteiger partial charge in [0.15, 0.2) is 0 Å². The van der Waals surface area contributed by atoms with Gasteiger partial charge in [0, 0.05) is 12.6 Å². The van der Waals surface area contributed by atoms with Crippen molar-refractivity contribution < 1.29 is 9.90 Å². The molecule has 0 saturated heterocycles. The Hall–Kier alpha value is -1.61. The molecule has 0 unspecified atom stereocenters. The van der Waals surface area contributed by atoms with E-state index in [2.05, 4.69) is 43.4 Å². The highest BCUT2D eigenvalue weighted by molar-refractivity contribution is 5.79. The molecule has 2 N–H and O–H groups in total. The summed E-state index contributed by atoms with van der Waals surface area (Å²) in [7, 11) is 0. The molecule has 0 radical (unpaired) electrons. The van der Waals surface area contributed by atoms with Crippen LogP contribution in [0.3, 0.4) is 0 Å². The molecule has 0 heterocycles. The van der Waals surface area contributed by atoms with Crippen LogP contribution in [0.25, 0.3) is 0 Å². The zero-order valence-electron chi connectivity index (χ0n) is 11.7. The molecule has 0 saturated carbocycles. The third-order valence-corrected chi connectivity index (χ3v) is 2.78. The lowest BCUT2D eigenvalue weighted by Crippen LogP contribution is -2.17. The minimum atomic E-state index is -0.900. The van der Waals surface area contributed by atoms with Crippen molar-refractivity contribution in [3.63, 3.8) is 0 Å². The van der Waals surface area contributed by atoms with E-state index >= 15 is 0 Å². The molecular weight excluding hydrogens is 238 g/mol. The zero-order chi connectivity index (χ0) is 14.1. The Morgan fingerprint density at radius 1 is 1.26 bits per heavy atom. The van der Waals surface area contributed by atoms with Gasteiger partial charge in [-0.2, -0.15) is 0 Å². The summed E-state index contributed by atoms with van der Waals surface area (Å²) in [6.07, 6.45) is 4.86. The molecule has 3 heteroatoms. The molecule has 1 aromatic rings. The Labute approximate surface area is 115 Å². The maximum absolute atomic E-state index is 10.2. The number of aliphatic carboxylic acids is 1. The van der Waals surface area contributed by atoms with Crippen molar-refractivity contribution in [3.8, 4) is 0 Å². The molecule has 0 aliphatic rings. The second-order valence-corrected chi connectivity index (χ2v) is 5.11. The average Bonchev–Trinajstić information content (AvgIpc) is 2.34. The maximum atomic E-state index is 10.2. The van der Waals surface area contributed by atoms with Gasteiger partial charge in [-0.15, -0.1) is 0 Å². The van der Waals surface area contributed by atoms with E-state index in [9.17, 15) is 4.79 Å². The lowest BCUT2D eigenvalue weighted by atomic mass is 10.0. The summed E-state index contributed by atoms with van der Waals surface area (Å²) in [4.78, 5) is 10.2. The van der Waals surface area contributed by atoms with Gasteiger partial charge >= 0.3 is 5.97 Å². The lowest BCUT2D eigenvalue weighted by Gasteiger charge is -2.07. The van der Waals surface area contributed by atoms with E-state index in [0.717, 1.165) is 25.5 Å².